The second-order valence-electron chi connectivity index (χ2n) is 5.42. The van der Waals surface area contributed by atoms with Crippen LogP contribution in [0.4, 0.5) is 8.78 Å². The molecule has 0 saturated heterocycles. The van der Waals surface area contributed by atoms with Crippen LogP contribution in [-0.4, -0.2) is 11.7 Å². The summed E-state index contributed by atoms with van der Waals surface area (Å²) in [5.41, 5.74) is -0.232. The van der Waals surface area contributed by atoms with E-state index in [4.69, 9.17) is 4.42 Å². The zero-order valence-electron chi connectivity index (χ0n) is 12.3. The minimum absolute atomic E-state index is 0.135. The maximum atomic E-state index is 13.5. The quantitative estimate of drug-likeness (QED) is 0.890. The number of aliphatic hydroxyl groups is 1. The predicted octanol–water partition coefficient (Wildman–Crippen LogP) is 3.17. The second-order valence-corrected chi connectivity index (χ2v) is 5.42. The van der Waals surface area contributed by atoms with Crippen LogP contribution in [0.3, 0.4) is 0 Å². The summed E-state index contributed by atoms with van der Waals surface area (Å²) in [6.45, 7) is 5.57. The van der Waals surface area contributed by atoms with Gasteiger partial charge < -0.3 is 14.8 Å². The number of hydrogen-bond donors (Lipinski definition) is 2. The molecular weight excluding hydrogens is 276 g/mol. The Morgan fingerprint density at radius 3 is 2.62 bits per heavy atom. The average molecular weight is 295 g/mol. The molecule has 1 heterocycles. The molecule has 21 heavy (non-hydrogen) atoms. The first-order valence-electron chi connectivity index (χ1n) is 6.75. The van der Waals surface area contributed by atoms with Crippen LogP contribution in [0, 0.1) is 25.5 Å². The number of furan rings is 1. The van der Waals surface area contributed by atoms with Gasteiger partial charge in [-0.3, -0.25) is 0 Å². The first kappa shape index (κ1) is 15.7. The van der Waals surface area contributed by atoms with E-state index in [-0.39, 0.29) is 18.7 Å². The Morgan fingerprint density at radius 2 is 2.00 bits per heavy atom. The zero-order chi connectivity index (χ0) is 15.6. The average Bonchev–Trinajstić information content (AvgIpc) is 2.74. The van der Waals surface area contributed by atoms with E-state index in [1.807, 2.05) is 6.92 Å². The predicted molar refractivity (Wildman–Crippen MR) is 75.8 cm³/mol. The van der Waals surface area contributed by atoms with Gasteiger partial charge in [-0.2, -0.15) is 0 Å². The van der Waals surface area contributed by atoms with E-state index >= 15 is 0 Å². The number of nitrogens with one attached hydrogen (secondary N) is 1. The molecule has 1 aromatic carbocycles. The Balaban J connectivity index is 2.02. The summed E-state index contributed by atoms with van der Waals surface area (Å²) in [6, 6.07) is 5.82. The highest BCUT2D eigenvalue weighted by Gasteiger charge is 2.27. The normalized spacial score (nSPS) is 14.2. The number of halogens is 2. The molecule has 0 fully saturated rings. The van der Waals surface area contributed by atoms with Gasteiger partial charge in [0.1, 0.15) is 17.1 Å². The van der Waals surface area contributed by atoms with Crippen molar-refractivity contribution in [1.29, 1.82) is 0 Å². The molecule has 0 aliphatic heterocycles. The van der Waals surface area contributed by atoms with Gasteiger partial charge in [0.15, 0.2) is 11.6 Å². The molecular formula is C16H19F2NO2. The largest absolute Gasteiger partial charge is 0.466 e. The summed E-state index contributed by atoms with van der Waals surface area (Å²) >= 11 is 0. The van der Waals surface area contributed by atoms with Crippen LogP contribution in [0.2, 0.25) is 0 Å². The maximum absolute atomic E-state index is 13.5. The summed E-state index contributed by atoms with van der Waals surface area (Å²) in [7, 11) is 0. The van der Waals surface area contributed by atoms with Gasteiger partial charge in [-0.05, 0) is 32.9 Å². The lowest BCUT2D eigenvalue weighted by molar-refractivity contribution is 0.0551. The fourth-order valence-corrected chi connectivity index (χ4v) is 2.39. The first-order valence-corrected chi connectivity index (χ1v) is 6.75. The standard InChI is InChI=1S/C16H19F2NO2/c1-10-7-13(11(2)21-10)16(3,20)9-19-8-12-5-4-6-14(17)15(12)18/h4-7,19-20H,8-9H2,1-3H3. The van der Waals surface area contributed by atoms with Crippen LogP contribution >= 0.6 is 0 Å². The lowest BCUT2D eigenvalue weighted by atomic mass is 9.96. The molecule has 1 atom stereocenters. The van der Waals surface area contributed by atoms with Crippen molar-refractivity contribution in [3.63, 3.8) is 0 Å². The van der Waals surface area contributed by atoms with Crippen molar-refractivity contribution >= 4 is 0 Å². The van der Waals surface area contributed by atoms with Crippen LogP contribution in [-0.2, 0) is 12.1 Å². The number of hydrogen-bond acceptors (Lipinski definition) is 3. The van der Waals surface area contributed by atoms with Crippen molar-refractivity contribution < 1.29 is 18.3 Å². The molecule has 1 unspecified atom stereocenters. The van der Waals surface area contributed by atoms with Crippen molar-refractivity contribution in [1.82, 2.24) is 5.32 Å². The first-order chi connectivity index (χ1) is 9.81. The Labute approximate surface area is 122 Å². The minimum Gasteiger partial charge on any atom is -0.466 e. The number of rotatable bonds is 5. The fourth-order valence-electron chi connectivity index (χ4n) is 2.39. The topological polar surface area (TPSA) is 45.4 Å². The smallest absolute Gasteiger partial charge is 0.163 e. The molecule has 0 amide bonds. The Morgan fingerprint density at radius 1 is 1.29 bits per heavy atom. The van der Waals surface area contributed by atoms with Gasteiger partial charge in [-0.1, -0.05) is 12.1 Å². The Hall–Kier alpha value is -1.72. The van der Waals surface area contributed by atoms with Crippen molar-refractivity contribution in [2.24, 2.45) is 0 Å². The molecule has 2 N–H and O–H groups in total. The van der Waals surface area contributed by atoms with Crippen LogP contribution in [0.5, 0.6) is 0 Å². The van der Waals surface area contributed by atoms with Crippen LogP contribution in [0.15, 0.2) is 28.7 Å². The molecule has 0 aliphatic carbocycles. The minimum atomic E-state index is -1.15. The van der Waals surface area contributed by atoms with E-state index in [2.05, 4.69) is 5.32 Å². The molecule has 3 nitrogen and oxygen atoms in total. The molecule has 0 saturated carbocycles. The fraction of sp³-hybridized carbons (Fsp3) is 0.375. The Kier molecular flexibility index (Phi) is 4.44. The van der Waals surface area contributed by atoms with Gasteiger partial charge in [0.25, 0.3) is 0 Å². The van der Waals surface area contributed by atoms with E-state index in [1.54, 1.807) is 19.9 Å². The van der Waals surface area contributed by atoms with Gasteiger partial charge in [0.2, 0.25) is 0 Å². The molecule has 0 bridgehead atoms. The highest BCUT2D eigenvalue weighted by Crippen LogP contribution is 2.26. The van der Waals surface area contributed by atoms with Crippen molar-refractivity contribution in [2.45, 2.75) is 32.9 Å². The molecule has 0 spiro atoms. The lowest BCUT2D eigenvalue weighted by Crippen LogP contribution is -2.35. The number of benzene rings is 1. The van der Waals surface area contributed by atoms with E-state index in [0.29, 0.717) is 11.3 Å². The molecule has 1 aromatic heterocycles. The van der Waals surface area contributed by atoms with E-state index in [0.717, 1.165) is 11.8 Å². The summed E-state index contributed by atoms with van der Waals surface area (Å²) < 4.78 is 32.0. The summed E-state index contributed by atoms with van der Waals surface area (Å²) in [4.78, 5) is 0. The van der Waals surface area contributed by atoms with Gasteiger partial charge in [0.05, 0.1) is 0 Å². The molecule has 0 aliphatic rings. The zero-order valence-corrected chi connectivity index (χ0v) is 12.3. The van der Waals surface area contributed by atoms with Gasteiger partial charge >= 0.3 is 0 Å². The lowest BCUT2D eigenvalue weighted by Gasteiger charge is -2.23. The van der Waals surface area contributed by atoms with E-state index in [9.17, 15) is 13.9 Å². The third kappa shape index (κ3) is 3.49. The third-order valence-electron chi connectivity index (χ3n) is 3.44. The van der Waals surface area contributed by atoms with Gasteiger partial charge in [-0.15, -0.1) is 0 Å². The van der Waals surface area contributed by atoms with Crippen LogP contribution in [0.1, 0.15) is 29.6 Å². The summed E-state index contributed by atoms with van der Waals surface area (Å²) in [5, 5.41) is 13.4. The van der Waals surface area contributed by atoms with Crippen molar-refractivity contribution in [3.8, 4) is 0 Å². The van der Waals surface area contributed by atoms with E-state index in [1.165, 1.54) is 12.1 Å². The molecule has 0 radical (unpaired) electrons. The van der Waals surface area contributed by atoms with Crippen molar-refractivity contribution in [3.05, 3.63) is 58.5 Å². The van der Waals surface area contributed by atoms with Crippen molar-refractivity contribution in [2.75, 3.05) is 6.54 Å². The molecule has 2 aromatic rings. The van der Waals surface area contributed by atoms with Crippen LogP contribution < -0.4 is 5.32 Å². The highest BCUT2D eigenvalue weighted by atomic mass is 19.2. The van der Waals surface area contributed by atoms with Crippen LogP contribution in [0.25, 0.3) is 0 Å². The second kappa shape index (κ2) is 5.95. The molecule has 2 rings (SSSR count). The summed E-state index contributed by atoms with van der Waals surface area (Å²) in [5.74, 6) is -0.363. The monoisotopic (exact) mass is 295 g/mol. The van der Waals surface area contributed by atoms with Gasteiger partial charge in [0, 0.05) is 24.2 Å². The maximum Gasteiger partial charge on any atom is 0.163 e. The number of aryl methyl sites for hydroxylation is 2. The van der Waals surface area contributed by atoms with E-state index < -0.39 is 17.2 Å². The SMILES string of the molecule is Cc1cc(C(C)(O)CNCc2cccc(F)c2F)c(C)o1. The highest BCUT2D eigenvalue weighted by molar-refractivity contribution is 5.27. The third-order valence-corrected chi connectivity index (χ3v) is 3.44. The van der Waals surface area contributed by atoms with Gasteiger partial charge in [-0.25, -0.2) is 8.78 Å². The summed E-state index contributed by atoms with van der Waals surface area (Å²) in [6.07, 6.45) is 0. The molecule has 114 valence electrons. The Bertz CT molecular complexity index is 635. The molecule has 5 heteroatoms.